The molecule has 0 atom stereocenters. The monoisotopic (exact) mass is 226 g/mol. The summed E-state index contributed by atoms with van der Waals surface area (Å²) in [5.41, 5.74) is 4.99. The summed E-state index contributed by atoms with van der Waals surface area (Å²) in [5, 5.41) is 10.9. The Hall–Kier alpha value is -1.88. The first kappa shape index (κ1) is 11.2. The molecule has 0 saturated heterocycles. The number of nitro groups is 1. The van der Waals surface area contributed by atoms with Crippen molar-refractivity contribution in [1.29, 1.82) is 0 Å². The third-order valence-electron chi connectivity index (χ3n) is 1.61. The van der Waals surface area contributed by atoms with Crippen LogP contribution in [0, 0.1) is 10.1 Å². The van der Waals surface area contributed by atoms with Gasteiger partial charge in [0.05, 0.1) is 10.5 Å². The molecule has 0 fully saturated rings. The molecule has 0 aliphatic rings. The molecule has 0 unspecified atom stereocenters. The van der Waals surface area contributed by atoms with Crippen LogP contribution < -0.4 is 5.73 Å². The highest BCUT2D eigenvalue weighted by Crippen LogP contribution is 2.23. The molecular weight excluding hydrogens is 220 g/mol. The van der Waals surface area contributed by atoms with E-state index in [2.05, 4.69) is 0 Å². The summed E-state index contributed by atoms with van der Waals surface area (Å²) in [6.45, 7) is 0. The fourth-order valence-electron chi connectivity index (χ4n) is 0.997. The number of nitro benzene ring substituents is 1. The minimum Gasteiger partial charge on any atom is -0.366 e. The molecule has 0 aromatic heterocycles. The Morgan fingerprint density at radius 1 is 1.53 bits per heavy atom. The van der Waals surface area contributed by atoms with Crippen molar-refractivity contribution >= 4 is 29.3 Å². The zero-order valence-electron chi connectivity index (χ0n) is 7.51. The van der Waals surface area contributed by atoms with Gasteiger partial charge in [-0.3, -0.25) is 14.9 Å². The summed E-state index contributed by atoms with van der Waals surface area (Å²) in [7, 11) is 0. The van der Waals surface area contributed by atoms with Crippen LogP contribution in [0.1, 0.15) is 5.56 Å². The quantitative estimate of drug-likeness (QED) is 0.484. The molecule has 1 rings (SSSR count). The van der Waals surface area contributed by atoms with E-state index in [9.17, 15) is 14.9 Å². The highest BCUT2D eigenvalue weighted by atomic mass is 35.5. The van der Waals surface area contributed by atoms with Crippen molar-refractivity contribution in [3.63, 3.8) is 0 Å². The molecule has 0 spiro atoms. The van der Waals surface area contributed by atoms with E-state index in [1.165, 1.54) is 24.3 Å². The number of benzene rings is 1. The fraction of sp³-hybridized carbons (Fsp3) is 0. The number of nitrogens with zero attached hydrogens (tertiary/aromatic N) is 1. The first-order valence-corrected chi connectivity index (χ1v) is 4.30. The topological polar surface area (TPSA) is 86.2 Å². The van der Waals surface area contributed by atoms with E-state index < -0.39 is 10.8 Å². The highest BCUT2D eigenvalue weighted by Gasteiger charge is 2.11. The van der Waals surface area contributed by atoms with Crippen LogP contribution in [0.4, 0.5) is 5.69 Å². The molecule has 0 aliphatic carbocycles. The molecule has 6 heteroatoms. The average Bonchev–Trinajstić information content (AvgIpc) is 2.14. The third-order valence-corrected chi connectivity index (χ3v) is 1.85. The molecule has 0 saturated carbocycles. The van der Waals surface area contributed by atoms with Crippen LogP contribution in [-0.4, -0.2) is 10.8 Å². The van der Waals surface area contributed by atoms with Gasteiger partial charge < -0.3 is 5.73 Å². The van der Waals surface area contributed by atoms with Crippen molar-refractivity contribution in [3.8, 4) is 0 Å². The number of halogens is 1. The second-order valence-corrected chi connectivity index (χ2v) is 3.13. The van der Waals surface area contributed by atoms with E-state index in [-0.39, 0.29) is 11.3 Å². The van der Waals surface area contributed by atoms with Gasteiger partial charge in [-0.1, -0.05) is 11.6 Å². The molecule has 1 aromatic carbocycles. The molecule has 0 bridgehead atoms. The van der Waals surface area contributed by atoms with Gasteiger partial charge in [0, 0.05) is 17.2 Å². The van der Waals surface area contributed by atoms with Crippen molar-refractivity contribution in [3.05, 3.63) is 45.0 Å². The lowest BCUT2D eigenvalue weighted by atomic mass is 10.1. The van der Waals surface area contributed by atoms with Gasteiger partial charge in [-0.2, -0.15) is 0 Å². The number of nitrogens with two attached hydrogens (primary N) is 1. The van der Waals surface area contributed by atoms with Crippen LogP contribution in [0.15, 0.2) is 24.3 Å². The van der Waals surface area contributed by atoms with Crippen LogP contribution in [0.5, 0.6) is 0 Å². The van der Waals surface area contributed by atoms with Crippen molar-refractivity contribution in [2.24, 2.45) is 5.73 Å². The highest BCUT2D eigenvalue weighted by molar-refractivity contribution is 6.30. The van der Waals surface area contributed by atoms with E-state index in [1.807, 2.05) is 0 Å². The van der Waals surface area contributed by atoms with Crippen LogP contribution >= 0.6 is 11.6 Å². The number of primary amides is 1. The zero-order chi connectivity index (χ0) is 11.4. The van der Waals surface area contributed by atoms with Gasteiger partial charge in [0.1, 0.15) is 0 Å². The SMILES string of the molecule is NC(=O)C=Cc1cc(Cl)ccc1[N+](=O)[O-]. The summed E-state index contributed by atoms with van der Waals surface area (Å²) in [4.78, 5) is 20.5. The van der Waals surface area contributed by atoms with E-state index in [0.717, 1.165) is 6.08 Å². The predicted octanol–water partition coefficient (Wildman–Crippen LogP) is 1.75. The van der Waals surface area contributed by atoms with Gasteiger partial charge in [0.15, 0.2) is 0 Å². The molecule has 5 nitrogen and oxygen atoms in total. The van der Waals surface area contributed by atoms with Crippen LogP contribution in [0.2, 0.25) is 5.02 Å². The summed E-state index contributed by atoms with van der Waals surface area (Å²) < 4.78 is 0. The van der Waals surface area contributed by atoms with Gasteiger partial charge in [-0.05, 0) is 18.2 Å². The van der Waals surface area contributed by atoms with E-state index in [1.54, 1.807) is 0 Å². The van der Waals surface area contributed by atoms with Gasteiger partial charge in [-0.25, -0.2) is 0 Å². The Morgan fingerprint density at radius 3 is 2.73 bits per heavy atom. The maximum Gasteiger partial charge on any atom is 0.276 e. The van der Waals surface area contributed by atoms with Gasteiger partial charge in [0.2, 0.25) is 5.91 Å². The Morgan fingerprint density at radius 2 is 2.20 bits per heavy atom. The van der Waals surface area contributed by atoms with Crippen LogP contribution in [0.3, 0.4) is 0 Å². The molecule has 1 aromatic rings. The number of hydrogen-bond acceptors (Lipinski definition) is 3. The van der Waals surface area contributed by atoms with Gasteiger partial charge in [-0.15, -0.1) is 0 Å². The summed E-state index contributed by atoms with van der Waals surface area (Å²) >= 11 is 5.66. The molecular formula is C9H7ClN2O3. The van der Waals surface area contributed by atoms with Crippen molar-refractivity contribution in [2.75, 3.05) is 0 Å². The summed E-state index contributed by atoms with van der Waals surface area (Å²) in [5.74, 6) is -0.677. The Balaban J connectivity index is 3.18. The first-order chi connectivity index (χ1) is 7.00. The number of carbonyl (C=O) groups is 1. The molecule has 1 amide bonds. The lowest BCUT2D eigenvalue weighted by Crippen LogP contribution is -2.05. The maximum absolute atomic E-state index is 10.6. The normalized spacial score (nSPS) is 10.5. The zero-order valence-corrected chi connectivity index (χ0v) is 8.27. The van der Waals surface area contributed by atoms with Crippen LogP contribution in [-0.2, 0) is 4.79 Å². The standard InChI is InChI=1S/C9H7ClN2O3/c10-7-2-3-8(12(14)15)6(5-7)1-4-9(11)13/h1-5H,(H2,11,13). The van der Waals surface area contributed by atoms with Crippen molar-refractivity contribution in [2.45, 2.75) is 0 Å². The minimum atomic E-state index is -0.677. The van der Waals surface area contributed by atoms with Gasteiger partial charge in [0.25, 0.3) is 5.69 Å². The Bertz CT molecular complexity index is 443. The smallest absolute Gasteiger partial charge is 0.276 e. The van der Waals surface area contributed by atoms with E-state index in [4.69, 9.17) is 17.3 Å². The predicted molar refractivity (Wildman–Crippen MR) is 56.3 cm³/mol. The summed E-state index contributed by atoms with van der Waals surface area (Å²) in [6.07, 6.45) is 2.30. The molecule has 15 heavy (non-hydrogen) atoms. The molecule has 0 heterocycles. The maximum atomic E-state index is 10.6. The second kappa shape index (κ2) is 4.56. The van der Waals surface area contributed by atoms with Gasteiger partial charge >= 0.3 is 0 Å². The van der Waals surface area contributed by atoms with Crippen LogP contribution in [0.25, 0.3) is 6.08 Å². The molecule has 78 valence electrons. The Kier molecular flexibility index (Phi) is 3.41. The molecule has 0 radical (unpaired) electrons. The average molecular weight is 227 g/mol. The first-order valence-electron chi connectivity index (χ1n) is 3.92. The fourth-order valence-corrected chi connectivity index (χ4v) is 1.18. The van der Waals surface area contributed by atoms with Crippen molar-refractivity contribution < 1.29 is 9.72 Å². The van der Waals surface area contributed by atoms with E-state index in [0.29, 0.717) is 5.02 Å². The third kappa shape index (κ3) is 3.07. The lowest BCUT2D eigenvalue weighted by molar-refractivity contribution is -0.385. The summed E-state index contributed by atoms with van der Waals surface area (Å²) in [6, 6.07) is 4.06. The lowest BCUT2D eigenvalue weighted by Gasteiger charge is -1.97. The largest absolute Gasteiger partial charge is 0.366 e. The number of hydrogen-bond donors (Lipinski definition) is 1. The molecule has 2 N–H and O–H groups in total. The molecule has 0 aliphatic heterocycles. The minimum absolute atomic E-state index is 0.128. The van der Waals surface area contributed by atoms with E-state index >= 15 is 0 Å². The Labute approximate surface area is 90.3 Å². The number of carbonyl (C=O) groups excluding carboxylic acids is 1. The van der Waals surface area contributed by atoms with Crippen molar-refractivity contribution in [1.82, 2.24) is 0 Å². The number of rotatable bonds is 3. The number of amides is 1. The second-order valence-electron chi connectivity index (χ2n) is 2.70.